The van der Waals surface area contributed by atoms with Crippen molar-refractivity contribution in [1.29, 1.82) is 0 Å². The van der Waals surface area contributed by atoms with Crippen molar-refractivity contribution >= 4 is 11.8 Å². The minimum atomic E-state index is -2.59. The maximum Gasteiger partial charge on any atom is 0.327 e. The van der Waals surface area contributed by atoms with Gasteiger partial charge in [-0.2, -0.15) is 0 Å². The highest BCUT2D eigenvalue weighted by Gasteiger charge is 2.49. The monoisotopic (exact) mass is 174 g/mol. The average molecular weight is 174 g/mol. The summed E-state index contributed by atoms with van der Waals surface area (Å²) in [6.07, 6.45) is 0. The Kier molecular flexibility index (Phi) is 2.03. The molecule has 6 heteroatoms. The van der Waals surface area contributed by atoms with Crippen LogP contribution in [0.25, 0.3) is 0 Å². The summed E-state index contributed by atoms with van der Waals surface area (Å²) >= 11 is 0. The number of nitrogens with zero attached hydrogens (tertiary/aromatic N) is 2. The van der Waals surface area contributed by atoms with E-state index in [1.165, 1.54) is 7.05 Å². The molecule has 0 aromatic carbocycles. The summed E-state index contributed by atoms with van der Waals surface area (Å²) in [6, 6.07) is 0. The second-order valence-corrected chi connectivity index (χ2v) is 2.34. The Balaban J connectivity index is 2.87. The molecule has 0 aromatic heterocycles. The number of hydrogen-bond acceptors (Lipinski definition) is 5. The predicted octanol–water partition coefficient (Wildman–Crippen LogP) is -1.51. The zero-order chi connectivity index (χ0) is 9.35. The summed E-state index contributed by atoms with van der Waals surface area (Å²) in [6.45, 7) is 1.88. The molecule has 6 nitrogen and oxygen atoms in total. The number of carbonyl (C=O) groups excluding carboxylic acids is 1. The quantitative estimate of drug-likeness (QED) is 0.473. The van der Waals surface area contributed by atoms with Gasteiger partial charge in [0.05, 0.1) is 6.61 Å². The van der Waals surface area contributed by atoms with Gasteiger partial charge in [0.25, 0.3) is 5.90 Å². The van der Waals surface area contributed by atoms with Crippen LogP contribution in [0.4, 0.5) is 0 Å². The van der Waals surface area contributed by atoms with Crippen molar-refractivity contribution in [1.82, 2.24) is 5.01 Å². The lowest BCUT2D eigenvalue weighted by Crippen LogP contribution is -2.46. The molecular formula is C6H10N2O4. The van der Waals surface area contributed by atoms with Crippen molar-refractivity contribution in [3.8, 4) is 0 Å². The van der Waals surface area contributed by atoms with Gasteiger partial charge in [-0.15, -0.1) is 5.10 Å². The molecule has 0 radical (unpaired) electrons. The van der Waals surface area contributed by atoms with E-state index in [9.17, 15) is 4.79 Å². The Bertz CT molecular complexity index is 236. The Morgan fingerprint density at radius 1 is 1.67 bits per heavy atom. The third-order valence-electron chi connectivity index (χ3n) is 1.41. The molecule has 0 saturated carbocycles. The van der Waals surface area contributed by atoms with E-state index in [1.54, 1.807) is 6.92 Å². The van der Waals surface area contributed by atoms with E-state index >= 15 is 0 Å². The van der Waals surface area contributed by atoms with Gasteiger partial charge < -0.3 is 14.9 Å². The van der Waals surface area contributed by atoms with Crippen LogP contribution in [-0.2, 0) is 9.53 Å². The summed E-state index contributed by atoms with van der Waals surface area (Å²) in [5.41, 5.74) is 0. The SMILES string of the molecule is CCOC1=NN(C)C(=O)C1(O)O. The van der Waals surface area contributed by atoms with Crippen LogP contribution in [0.5, 0.6) is 0 Å². The molecule has 68 valence electrons. The topological polar surface area (TPSA) is 82.4 Å². The summed E-state index contributed by atoms with van der Waals surface area (Å²) < 4.78 is 4.75. The number of likely N-dealkylation sites (N-methyl/N-ethyl adjacent to an activating group) is 1. The largest absolute Gasteiger partial charge is 0.476 e. The fourth-order valence-corrected chi connectivity index (χ4v) is 0.835. The van der Waals surface area contributed by atoms with E-state index in [4.69, 9.17) is 14.9 Å². The number of rotatable bonds is 1. The highest BCUT2D eigenvalue weighted by molar-refractivity contribution is 6.09. The first-order valence-electron chi connectivity index (χ1n) is 3.45. The Morgan fingerprint density at radius 2 is 2.25 bits per heavy atom. The second kappa shape index (κ2) is 2.72. The molecule has 1 amide bonds. The van der Waals surface area contributed by atoms with E-state index in [-0.39, 0.29) is 12.5 Å². The summed E-state index contributed by atoms with van der Waals surface area (Å²) in [5, 5.41) is 22.6. The number of hydrogen-bond donors (Lipinski definition) is 2. The van der Waals surface area contributed by atoms with Crippen molar-refractivity contribution in [2.75, 3.05) is 13.7 Å². The molecule has 1 aliphatic heterocycles. The first-order valence-corrected chi connectivity index (χ1v) is 3.45. The van der Waals surface area contributed by atoms with Crippen molar-refractivity contribution in [3.63, 3.8) is 0 Å². The van der Waals surface area contributed by atoms with Crippen molar-refractivity contribution < 1.29 is 19.7 Å². The van der Waals surface area contributed by atoms with E-state index in [0.29, 0.717) is 0 Å². The highest BCUT2D eigenvalue weighted by atomic mass is 16.6. The number of hydrazone groups is 1. The van der Waals surface area contributed by atoms with Crippen LogP contribution < -0.4 is 0 Å². The number of aliphatic hydroxyl groups is 2. The maximum absolute atomic E-state index is 10.9. The normalized spacial score (nSPS) is 21.2. The van der Waals surface area contributed by atoms with Gasteiger partial charge in [0.2, 0.25) is 0 Å². The van der Waals surface area contributed by atoms with Crippen LogP contribution in [0.15, 0.2) is 5.10 Å². The van der Waals surface area contributed by atoms with Crippen molar-refractivity contribution in [2.24, 2.45) is 5.10 Å². The summed E-state index contributed by atoms with van der Waals surface area (Å²) in [7, 11) is 1.32. The van der Waals surface area contributed by atoms with Crippen LogP contribution in [-0.4, -0.2) is 46.5 Å². The third kappa shape index (κ3) is 1.15. The molecule has 2 N–H and O–H groups in total. The fourth-order valence-electron chi connectivity index (χ4n) is 0.835. The van der Waals surface area contributed by atoms with Crippen molar-refractivity contribution in [3.05, 3.63) is 0 Å². The smallest absolute Gasteiger partial charge is 0.327 e. The lowest BCUT2D eigenvalue weighted by molar-refractivity contribution is -0.169. The van der Waals surface area contributed by atoms with Gasteiger partial charge in [0.15, 0.2) is 0 Å². The maximum atomic E-state index is 10.9. The Morgan fingerprint density at radius 3 is 2.58 bits per heavy atom. The molecule has 0 unspecified atom stereocenters. The molecule has 0 fully saturated rings. The first kappa shape index (κ1) is 8.95. The van der Waals surface area contributed by atoms with Gasteiger partial charge >= 0.3 is 11.7 Å². The molecule has 0 aliphatic carbocycles. The van der Waals surface area contributed by atoms with E-state index < -0.39 is 11.7 Å². The second-order valence-electron chi connectivity index (χ2n) is 2.34. The number of amides is 1. The van der Waals surface area contributed by atoms with Crippen LogP contribution in [0.2, 0.25) is 0 Å². The molecule has 1 rings (SSSR count). The van der Waals surface area contributed by atoms with E-state index in [0.717, 1.165) is 5.01 Å². The lowest BCUT2D eigenvalue weighted by atomic mass is 10.3. The molecule has 0 bridgehead atoms. The van der Waals surface area contributed by atoms with Crippen LogP contribution in [0, 0.1) is 0 Å². The Hall–Kier alpha value is -1.14. The van der Waals surface area contributed by atoms with Gasteiger partial charge in [-0.25, -0.2) is 5.01 Å². The van der Waals surface area contributed by atoms with Gasteiger partial charge in [-0.3, -0.25) is 4.79 Å². The van der Waals surface area contributed by atoms with Gasteiger partial charge in [-0.05, 0) is 6.92 Å². The molecule has 1 heterocycles. The minimum Gasteiger partial charge on any atom is -0.476 e. The van der Waals surface area contributed by atoms with Gasteiger partial charge in [0.1, 0.15) is 0 Å². The zero-order valence-corrected chi connectivity index (χ0v) is 6.81. The van der Waals surface area contributed by atoms with E-state index in [1.807, 2.05) is 0 Å². The molecule has 0 saturated heterocycles. The standard InChI is InChI=1S/C6H10N2O4/c1-3-12-4-6(10,11)5(9)8(2)7-4/h10-11H,3H2,1-2H3. The van der Waals surface area contributed by atoms with E-state index in [2.05, 4.69) is 5.10 Å². The molecule has 0 atom stereocenters. The fraction of sp³-hybridized carbons (Fsp3) is 0.667. The highest BCUT2D eigenvalue weighted by Crippen LogP contribution is 2.16. The predicted molar refractivity (Wildman–Crippen MR) is 39.0 cm³/mol. The van der Waals surface area contributed by atoms with Crippen molar-refractivity contribution in [2.45, 2.75) is 12.7 Å². The summed E-state index contributed by atoms with van der Waals surface area (Å²) in [4.78, 5) is 10.9. The molecular weight excluding hydrogens is 164 g/mol. The van der Waals surface area contributed by atoms with Crippen LogP contribution >= 0.6 is 0 Å². The molecule has 12 heavy (non-hydrogen) atoms. The zero-order valence-electron chi connectivity index (χ0n) is 6.81. The molecule has 0 spiro atoms. The lowest BCUT2D eigenvalue weighted by Gasteiger charge is -2.13. The summed E-state index contributed by atoms with van der Waals surface area (Å²) in [5.74, 6) is -3.88. The Labute approximate surface area is 69.0 Å². The minimum absolute atomic E-state index is 0.225. The molecule has 0 aromatic rings. The van der Waals surface area contributed by atoms with Gasteiger partial charge in [0, 0.05) is 7.05 Å². The van der Waals surface area contributed by atoms with Crippen LogP contribution in [0.3, 0.4) is 0 Å². The third-order valence-corrected chi connectivity index (χ3v) is 1.41. The first-order chi connectivity index (χ1) is 5.50. The van der Waals surface area contributed by atoms with Gasteiger partial charge in [-0.1, -0.05) is 0 Å². The average Bonchev–Trinajstić information content (AvgIpc) is 2.17. The number of carbonyl (C=O) groups is 1. The number of ether oxygens (including phenoxy) is 1. The van der Waals surface area contributed by atoms with Crippen LogP contribution in [0.1, 0.15) is 6.92 Å². The molecule has 1 aliphatic rings.